The van der Waals surface area contributed by atoms with Crippen molar-refractivity contribution < 1.29 is 0 Å². The molecule has 0 aliphatic heterocycles. The minimum atomic E-state index is -1.50. The second kappa shape index (κ2) is 14.4. The van der Waals surface area contributed by atoms with Crippen LogP contribution in [-0.2, 0) is 0 Å². The fourth-order valence-corrected chi connectivity index (χ4v) is 20.5. The zero-order valence-electron chi connectivity index (χ0n) is 23.3. The third kappa shape index (κ3) is 10.9. The number of hydrogen-bond acceptors (Lipinski definition) is 0. The van der Waals surface area contributed by atoms with Crippen LogP contribution < -0.4 is 0 Å². The maximum absolute atomic E-state index is 2.64. The standard InChI is InChI=1S/C18H24.4C3H7.2Ga/c1-17(2,3)13-11-15-7-9-16(10-8-15)12-14-18(4,5)6;4*1-3-2;;/h7-10,13-14H,1-6H3;4*1,3H2,2H3;;. The molecule has 0 spiro atoms. The van der Waals surface area contributed by atoms with E-state index >= 15 is 0 Å². The summed E-state index contributed by atoms with van der Waals surface area (Å²) in [5.41, 5.74) is 3.55. The van der Waals surface area contributed by atoms with Crippen LogP contribution in [0.15, 0.2) is 36.4 Å². The van der Waals surface area contributed by atoms with E-state index in [-0.39, 0.29) is 10.8 Å². The summed E-state index contributed by atoms with van der Waals surface area (Å²) in [4.78, 5) is 5.91. The van der Waals surface area contributed by atoms with Crippen LogP contribution in [0.25, 0.3) is 8.25 Å². The van der Waals surface area contributed by atoms with Crippen LogP contribution in [0.2, 0.25) is 19.9 Å². The predicted octanol–water partition coefficient (Wildman–Crippen LogP) is 10.3. The topological polar surface area (TPSA) is 0 Å². The van der Waals surface area contributed by atoms with E-state index in [0.717, 1.165) is 0 Å². The Balaban J connectivity index is 3.48. The zero-order chi connectivity index (χ0) is 24.4. The van der Waals surface area contributed by atoms with Crippen LogP contribution in [0.3, 0.4) is 0 Å². The second-order valence-electron chi connectivity index (χ2n) is 12.1. The molecule has 178 valence electrons. The molecule has 1 aromatic carbocycles. The zero-order valence-corrected chi connectivity index (χ0v) is 28.1. The summed E-state index contributed by atoms with van der Waals surface area (Å²) in [6.07, 6.45) is 10.6. The van der Waals surface area contributed by atoms with Crippen molar-refractivity contribution in [1.29, 1.82) is 0 Å². The Morgan fingerprint density at radius 3 is 1.00 bits per heavy atom. The fraction of sp³-hybridized carbons (Fsp3) is 0.667. The molecule has 0 heterocycles. The molecule has 0 unspecified atom stereocenters. The molecule has 0 amide bonds. The summed E-state index contributed by atoms with van der Waals surface area (Å²) in [5, 5.41) is 0. The fourth-order valence-electron chi connectivity index (χ4n) is 4.97. The van der Waals surface area contributed by atoms with Crippen molar-refractivity contribution in [3.63, 3.8) is 0 Å². The Bertz CT molecular complexity index is 636. The van der Waals surface area contributed by atoms with Gasteiger partial charge in [-0.25, -0.2) is 0 Å². The van der Waals surface area contributed by atoms with Crippen LogP contribution >= 0.6 is 0 Å². The molecule has 0 fully saturated rings. The van der Waals surface area contributed by atoms with Crippen LogP contribution in [0.4, 0.5) is 0 Å². The van der Waals surface area contributed by atoms with Crippen molar-refractivity contribution >= 4 is 40.7 Å². The first kappa shape index (κ1) is 30.0. The average Bonchev–Trinajstić information content (AvgIpc) is 2.69. The molecule has 0 bridgehead atoms. The Kier molecular flexibility index (Phi) is 13.5. The van der Waals surface area contributed by atoms with E-state index in [1.165, 1.54) is 56.7 Å². The van der Waals surface area contributed by atoms with Crippen molar-refractivity contribution in [1.82, 2.24) is 0 Å². The van der Waals surface area contributed by atoms with Gasteiger partial charge in [0.15, 0.2) is 0 Å². The molecule has 0 saturated carbocycles. The molecule has 0 aromatic heterocycles. The predicted molar refractivity (Wildman–Crippen MR) is 153 cm³/mol. The van der Waals surface area contributed by atoms with Crippen LogP contribution in [0.5, 0.6) is 0 Å². The summed E-state index contributed by atoms with van der Waals surface area (Å²) < 4.78 is 3.53. The first-order valence-corrected chi connectivity index (χ1v) is 22.8. The van der Waals surface area contributed by atoms with E-state index < -0.39 is 32.4 Å². The van der Waals surface area contributed by atoms with Gasteiger partial charge in [0, 0.05) is 0 Å². The molecule has 0 aliphatic carbocycles. The molecule has 0 radical (unpaired) electrons. The maximum atomic E-state index is 2.64. The van der Waals surface area contributed by atoms with Gasteiger partial charge in [0.1, 0.15) is 0 Å². The first-order chi connectivity index (χ1) is 15.0. The summed E-state index contributed by atoms with van der Waals surface area (Å²) in [6.45, 7) is 23.7. The molecule has 0 atom stereocenters. The quantitative estimate of drug-likeness (QED) is 0.227. The van der Waals surface area contributed by atoms with Gasteiger partial charge in [-0.3, -0.25) is 0 Å². The molecular formula is C30H52Ga2. The van der Waals surface area contributed by atoms with E-state index in [2.05, 4.69) is 106 Å². The summed E-state index contributed by atoms with van der Waals surface area (Å²) >= 11 is -2.99. The SMILES string of the molecule is CC[CH2][Ga]([CH2]CC)/[C](=C/C(C)(C)C)c1ccc(/[C](=C\C(C)(C)C)[Ga]([CH2]CC)[CH2]CC)cc1. The molecular weight excluding hydrogens is 500 g/mol. The van der Waals surface area contributed by atoms with Gasteiger partial charge in [-0.2, -0.15) is 0 Å². The first-order valence-electron chi connectivity index (χ1n) is 13.5. The molecule has 1 aromatic rings. The Labute approximate surface area is 212 Å². The number of hydrogen-bond donors (Lipinski definition) is 0. The van der Waals surface area contributed by atoms with Gasteiger partial charge >= 0.3 is 214 Å². The molecule has 0 nitrogen and oxygen atoms in total. The van der Waals surface area contributed by atoms with Gasteiger partial charge in [0.2, 0.25) is 0 Å². The van der Waals surface area contributed by atoms with Crippen molar-refractivity contribution in [2.75, 3.05) is 0 Å². The van der Waals surface area contributed by atoms with Crippen molar-refractivity contribution in [3.8, 4) is 0 Å². The van der Waals surface area contributed by atoms with Gasteiger partial charge in [-0.15, -0.1) is 0 Å². The normalized spacial score (nSPS) is 13.4. The Morgan fingerprint density at radius 2 is 0.812 bits per heavy atom. The minimum absolute atomic E-state index is 0.249. The summed E-state index contributed by atoms with van der Waals surface area (Å²) in [7, 11) is 0. The van der Waals surface area contributed by atoms with E-state index in [0.29, 0.717) is 0 Å². The number of rotatable bonds is 12. The number of allylic oxidation sites excluding steroid dienone is 2. The van der Waals surface area contributed by atoms with Gasteiger partial charge in [-0.05, 0) is 0 Å². The molecule has 0 saturated heterocycles. The second-order valence-corrected chi connectivity index (χ2v) is 25.4. The van der Waals surface area contributed by atoms with E-state index in [9.17, 15) is 0 Å². The molecule has 32 heavy (non-hydrogen) atoms. The molecule has 0 aliphatic rings. The van der Waals surface area contributed by atoms with E-state index in [1.807, 2.05) is 0 Å². The molecule has 2 heteroatoms. The van der Waals surface area contributed by atoms with Crippen LogP contribution in [-0.4, -0.2) is 32.4 Å². The van der Waals surface area contributed by atoms with Gasteiger partial charge < -0.3 is 0 Å². The van der Waals surface area contributed by atoms with Crippen molar-refractivity contribution in [2.45, 2.75) is 115 Å². The third-order valence-electron chi connectivity index (χ3n) is 6.16. The number of benzene rings is 1. The van der Waals surface area contributed by atoms with E-state index in [4.69, 9.17) is 0 Å². The molecule has 0 N–H and O–H groups in total. The van der Waals surface area contributed by atoms with E-state index in [1.54, 1.807) is 8.25 Å². The summed E-state index contributed by atoms with van der Waals surface area (Å²) in [6, 6.07) is 9.96. The summed E-state index contributed by atoms with van der Waals surface area (Å²) in [5.74, 6) is 0. The monoisotopic (exact) mass is 550 g/mol. The van der Waals surface area contributed by atoms with Crippen LogP contribution in [0, 0.1) is 10.8 Å². The Hall–Kier alpha value is -0.0273. The van der Waals surface area contributed by atoms with Crippen molar-refractivity contribution in [3.05, 3.63) is 47.5 Å². The third-order valence-corrected chi connectivity index (χ3v) is 22.6. The van der Waals surface area contributed by atoms with Crippen LogP contribution in [0.1, 0.15) is 106 Å². The molecule has 1 rings (SSSR count). The van der Waals surface area contributed by atoms with Gasteiger partial charge in [0.05, 0.1) is 0 Å². The van der Waals surface area contributed by atoms with Crippen molar-refractivity contribution in [2.24, 2.45) is 10.8 Å². The average molecular weight is 552 g/mol. The van der Waals surface area contributed by atoms with Gasteiger partial charge in [0.25, 0.3) is 0 Å². The van der Waals surface area contributed by atoms with Gasteiger partial charge in [-0.1, -0.05) is 0 Å². The Morgan fingerprint density at radius 1 is 0.562 bits per heavy atom.